The zero-order chi connectivity index (χ0) is 18.7. The first kappa shape index (κ1) is 19.0. The fourth-order valence-corrected chi connectivity index (χ4v) is 4.60. The Balaban J connectivity index is 1.85. The number of nitrogens with zero attached hydrogens (tertiary/aromatic N) is 1. The Hall–Kier alpha value is -1.73. The number of carbonyl (C=O) groups is 1. The van der Waals surface area contributed by atoms with Crippen LogP contribution in [0.4, 0.5) is 0 Å². The molecule has 138 valence electrons. The van der Waals surface area contributed by atoms with Gasteiger partial charge in [0, 0.05) is 10.0 Å². The summed E-state index contributed by atoms with van der Waals surface area (Å²) in [7, 11) is -4.02. The van der Waals surface area contributed by atoms with E-state index in [0.29, 0.717) is 21.3 Å². The molecule has 1 saturated carbocycles. The first-order valence-corrected chi connectivity index (χ1v) is 10.8. The highest BCUT2D eigenvalue weighted by Gasteiger charge is 2.26. The van der Waals surface area contributed by atoms with Crippen LogP contribution in [0.2, 0.25) is 0 Å². The van der Waals surface area contributed by atoms with Gasteiger partial charge in [0.2, 0.25) is 0 Å². The molecule has 1 aromatic rings. The molecule has 3 rings (SSSR count). The summed E-state index contributed by atoms with van der Waals surface area (Å²) in [5, 5.41) is 3.84. The van der Waals surface area contributed by atoms with Crippen molar-refractivity contribution in [2.75, 3.05) is 0 Å². The third-order valence-electron chi connectivity index (χ3n) is 4.69. The van der Waals surface area contributed by atoms with Gasteiger partial charge in [0.25, 0.3) is 0 Å². The molecule has 0 bridgehead atoms. The maximum absolute atomic E-state index is 12.3. The molecule has 0 atom stereocenters. The van der Waals surface area contributed by atoms with Crippen molar-refractivity contribution in [3.05, 3.63) is 52.0 Å². The van der Waals surface area contributed by atoms with Gasteiger partial charge in [-0.25, -0.2) is 0 Å². The molecule has 0 radical (unpaired) electrons. The number of benzene rings is 1. The van der Waals surface area contributed by atoms with E-state index in [4.69, 9.17) is 4.28 Å². The van der Waals surface area contributed by atoms with E-state index >= 15 is 0 Å². The fraction of sp³-hybridized carbons (Fsp3) is 0.368. The third-order valence-corrected chi connectivity index (χ3v) is 6.29. The largest absolute Gasteiger partial charge is 0.358 e. The molecular formula is C19H20BrNO4S. The normalized spacial score (nSPS) is 20.7. The predicted molar refractivity (Wildman–Crippen MR) is 103 cm³/mol. The Kier molecular flexibility index (Phi) is 5.77. The molecule has 0 amide bonds. The highest BCUT2D eigenvalue weighted by Crippen LogP contribution is 2.32. The van der Waals surface area contributed by atoms with Crippen molar-refractivity contribution >= 4 is 37.5 Å². The average molecular weight is 438 g/mol. The molecule has 0 saturated heterocycles. The van der Waals surface area contributed by atoms with Crippen molar-refractivity contribution in [1.82, 2.24) is 0 Å². The predicted octanol–water partition coefficient (Wildman–Crippen LogP) is 4.55. The SMILES string of the molecule is CC1=CC(=O)C(C2CCCCC2)=C/C1=N/OS(=O)(=O)c1cccc(Br)c1. The summed E-state index contributed by atoms with van der Waals surface area (Å²) >= 11 is 3.24. The molecule has 1 aromatic carbocycles. The van der Waals surface area contributed by atoms with Gasteiger partial charge >= 0.3 is 10.1 Å². The molecule has 1 fully saturated rings. The number of oxime groups is 1. The van der Waals surface area contributed by atoms with E-state index in [2.05, 4.69) is 21.1 Å². The lowest BCUT2D eigenvalue weighted by atomic mass is 9.79. The zero-order valence-corrected chi connectivity index (χ0v) is 16.8. The second-order valence-corrected chi connectivity index (χ2v) is 9.03. The summed E-state index contributed by atoms with van der Waals surface area (Å²) in [5.74, 6) is 0.204. The summed E-state index contributed by atoms with van der Waals surface area (Å²) in [6, 6.07) is 6.23. The Morgan fingerprint density at radius 3 is 2.58 bits per heavy atom. The topological polar surface area (TPSA) is 72.8 Å². The van der Waals surface area contributed by atoms with Gasteiger partial charge in [-0.2, -0.15) is 8.42 Å². The maximum atomic E-state index is 12.3. The number of rotatable bonds is 4. The number of allylic oxidation sites excluding steroid dienone is 4. The smallest absolute Gasteiger partial charge is 0.290 e. The highest BCUT2D eigenvalue weighted by atomic mass is 79.9. The lowest BCUT2D eigenvalue weighted by molar-refractivity contribution is -0.112. The van der Waals surface area contributed by atoms with Crippen LogP contribution in [0.25, 0.3) is 0 Å². The van der Waals surface area contributed by atoms with Crippen molar-refractivity contribution in [1.29, 1.82) is 0 Å². The van der Waals surface area contributed by atoms with Crippen LogP contribution < -0.4 is 0 Å². The number of ketones is 1. The third kappa shape index (κ3) is 4.32. The molecule has 0 N–H and O–H groups in total. The van der Waals surface area contributed by atoms with Crippen molar-refractivity contribution < 1.29 is 17.5 Å². The number of hydrogen-bond acceptors (Lipinski definition) is 5. The molecule has 26 heavy (non-hydrogen) atoms. The van der Waals surface area contributed by atoms with E-state index in [1.807, 2.05) is 0 Å². The summed E-state index contributed by atoms with van der Waals surface area (Å²) in [5.41, 5.74) is 1.68. The van der Waals surface area contributed by atoms with Crippen LogP contribution in [0, 0.1) is 5.92 Å². The lowest BCUT2D eigenvalue weighted by Gasteiger charge is -2.25. The molecule has 7 heteroatoms. The van der Waals surface area contributed by atoms with Gasteiger partial charge in [-0.15, -0.1) is 0 Å². The minimum absolute atomic E-state index is 0.0109. The van der Waals surface area contributed by atoms with E-state index in [9.17, 15) is 13.2 Å². The monoisotopic (exact) mass is 437 g/mol. The van der Waals surface area contributed by atoms with Crippen molar-refractivity contribution in [3.63, 3.8) is 0 Å². The minimum atomic E-state index is -4.02. The van der Waals surface area contributed by atoms with Crippen LogP contribution in [0.1, 0.15) is 39.0 Å². The van der Waals surface area contributed by atoms with Crippen LogP contribution in [0.15, 0.2) is 62.1 Å². The molecule has 2 aliphatic rings. The summed E-state index contributed by atoms with van der Waals surface area (Å²) < 4.78 is 30.2. The fourth-order valence-electron chi connectivity index (χ4n) is 3.27. The summed E-state index contributed by atoms with van der Waals surface area (Å²) in [6.45, 7) is 1.72. The van der Waals surface area contributed by atoms with Crippen LogP contribution in [0.3, 0.4) is 0 Å². The van der Waals surface area contributed by atoms with E-state index in [-0.39, 0.29) is 16.6 Å². The van der Waals surface area contributed by atoms with Crippen molar-refractivity contribution in [2.45, 2.75) is 43.9 Å². The Bertz CT molecular complexity index is 909. The van der Waals surface area contributed by atoms with E-state index in [0.717, 1.165) is 25.7 Å². The molecular weight excluding hydrogens is 418 g/mol. The Labute approximate surface area is 162 Å². The second kappa shape index (κ2) is 7.88. The van der Waals surface area contributed by atoms with Crippen LogP contribution in [0.5, 0.6) is 0 Å². The highest BCUT2D eigenvalue weighted by molar-refractivity contribution is 9.10. The van der Waals surface area contributed by atoms with Gasteiger partial charge in [0.05, 0.1) is 0 Å². The molecule has 0 heterocycles. The first-order chi connectivity index (χ1) is 12.4. The number of halogens is 1. The Morgan fingerprint density at radius 2 is 1.88 bits per heavy atom. The molecule has 0 aliphatic heterocycles. The summed E-state index contributed by atoms with van der Waals surface area (Å²) in [4.78, 5) is 12.4. The van der Waals surface area contributed by atoms with Gasteiger partial charge in [-0.3, -0.25) is 9.08 Å². The zero-order valence-electron chi connectivity index (χ0n) is 14.4. The van der Waals surface area contributed by atoms with Gasteiger partial charge < -0.3 is 0 Å². The quantitative estimate of drug-likeness (QED) is 0.511. The molecule has 0 aromatic heterocycles. The van der Waals surface area contributed by atoms with Gasteiger partial charge in [0.1, 0.15) is 10.6 Å². The molecule has 0 unspecified atom stereocenters. The minimum Gasteiger partial charge on any atom is -0.290 e. The van der Waals surface area contributed by atoms with E-state index < -0.39 is 10.1 Å². The number of hydrogen-bond donors (Lipinski definition) is 0. The second-order valence-electron chi connectivity index (χ2n) is 6.59. The van der Waals surface area contributed by atoms with E-state index in [1.54, 1.807) is 25.1 Å². The van der Waals surface area contributed by atoms with Crippen LogP contribution in [-0.2, 0) is 19.2 Å². The van der Waals surface area contributed by atoms with Crippen molar-refractivity contribution in [2.24, 2.45) is 11.1 Å². The first-order valence-electron chi connectivity index (χ1n) is 8.58. The van der Waals surface area contributed by atoms with Crippen LogP contribution >= 0.6 is 15.9 Å². The maximum Gasteiger partial charge on any atom is 0.358 e. The van der Waals surface area contributed by atoms with Gasteiger partial charge in [-0.05, 0) is 61.6 Å². The van der Waals surface area contributed by atoms with Gasteiger partial charge in [-0.1, -0.05) is 46.4 Å². The average Bonchev–Trinajstić information content (AvgIpc) is 2.62. The standard InChI is InChI=1S/C19H20BrNO4S/c1-13-10-19(22)17(14-6-3-2-4-7-14)12-18(13)21-25-26(23,24)16-9-5-8-15(20)11-16/h5,8-12,14H,2-4,6-7H2,1H3/b21-18-. The molecule has 5 nitrogen and oxygen atoms in total. The summed E-state index contributed by atoms with van der Waals surface area (Å²) in [6.07, 6.45) is 8.57. The van der Waals surface area contributed by atoms with E-state index in [1.165, 1.54) is 24.6 Å². The van der Waals surface area contributed by atoms with Gasteiger partial charge in [0.15, 0.2) is 5.78 Å². The van der Waals surface area contributed by atoms with Crippen LogP contribution in [-0.4, -0.2) is 19.9 Å². The Morgan fingerprint density at radius 1 is 1.15 bits per heavy atom. The van der Waals surface area contributed by atoms with Crippen molar-refractivity contribution in [3.8, 4) is 0 Å². The molecule has 2 aliphatic carbocycles. The molecule has 0 spiro atoms. The lowest BCUT2D eigenvalue weighted by Crippen LogP contribution is -2.20. The number of carbonyl (C=O) groups excluding carboxylic acids is 1.